The van der Waals surface area contributed by atoms with Crippen molar-refractivity contribution in [1.82, 2.24) is 20.1 Å². The van der Waals surface area contributed by atoms with Crippen LogP contribution in [-0.4, -0.2) is 33.5 Å². The van der Waals surface area contributed by atoms with Gasteiger partial charge in [-0.2, -0.15) is 0 Å². The number of amides is 1. The summed E-state index contributed by atoms with van der Waals surface area (Å²) in [5.74, 6) is 3.00. The maximum atomic E-state index is 12.0. The highest BCUT2D eigenvalue weighted by Crippen LogP contribution is 2.25. The lowest BCUT2D eigenvalue weighted by Crippen LogP contribution is -2.24. The Kier molecular flexibility index (Phi) is 6.59. The first kappa shape index (κ1) is 19.8. The van der Waals surface area contributed by atoms with Gasteiger partial charge in [0.15, 0.2) is 17.1 Å². The van der Waals surface area contributed by atoms with Crippen LogP contribution in [0.3, 0.4) is 0 Å². The van der Waals surface area contributed by atoms with Crippen molar-refractivity contribution in [2.45, 2.75) is 24.7 Å². The van der Waals surface area contributed by atoms with E-state index in [1.54, 1.807) is 19.4 Å². The number of nitrogens with one attached hydrogen (secondary N) is 1. The number of methoxy groups -OCH3 is 1. The van der Waals surface area contributed by atoms with Crippen LogP contribution in [0.5, 0.6) is 11.5 Å². The first-order valence-electron chi connectivity index (χ1n) is 8.68. The molecule has 1 amide bonds. The Morgan fingerprint density at radius 3 is 2.68 bits per heavy atom. The zero-order valence-corrected chi connectivity index (χ0v) is 16.7. The van der Waals surface area contributed by atoms with Crippen molar-refractivity contribution in [2.75, 3.05) is 12.9 Å². The molecule has 28 heavy (non-hydrogen) atoms. The highest BCUT2D eigenvalue weighted by Gasteiger charge is 2.18. The van der Waals surface area contributed by atoms with Crippen LogP contribution in [0.4, 0.5) is 0 Å². The molecule has 1 atom stereocenters. The van der Waals surface area contributed by atoms with Gasteiger partial charge in [-0.3, -0.25) is 4.79 Å². The van der Waals surface area contributed by atoms with Gasteiger partial charge in [-0.05, 0) is 43.3 Å². The third-order valence-corrected chi connectivity index (χ3v) is 5.00. The van der Waals surface area contributed by atoms with Crippen LogP contribution in [0.25, 0.3) is 0 Å². The lowest BCUT2D eigenvalue weighted by atomic mass is 10.3. The van der Waals surface area contributed by atoms with Gasteiger partial charge in [-0.25, -0.2) is 0 Å². The molecule has 0 spiro atoms. The van der Waals surface area contributed by atoms with Gasteiger partial charge in [0.2, 0.25) is 5.91 Å². The van der Waals surface area contributed by atoms with Crippen LogP contribution in [0.1, 0.15) is 24.6 Å². The molecule has 1 unspecified atom stereocenters. The molecule has 0 saturated carbocycles. The van der Waals surface area contributed by atoms with Gasteiger partial charge >= 0.3 is 0 Å². The van der Waals surface area contributed by atoms with Crippen molar-refractivity contribution in [3.63, 3.8) is 0 Å². The SMILES string of the molecule is COc1ccc(OC(C)c2nnc(SCC(=O)NCc3ccco3)n2C)cc1. The van der Waals surface area contributed by atoms with E-state index in [0.717, 1.165) is 5.75 Å². The number of hydrogen-bond donors (Lipinski definition) is 1. The molecule has 2 heterocycles. The summed E-state index contributed by atoms with van der Waals surface area (Å²) in [5, 5.41) is 11.8. The second-order valence-electron chi connectivity index (χ2n) is 5.98. The average molecular weight is 402 g/mol. The highest BCUT2D eigenvalue weighted by molar-refractivity contribution is 7.99. The maximum Gasteiger partial charge on any atom is 0.230 e. The molecule has 0 saturated heterocycles. The highest BCUT2D eigenvalue weighted by atomic mass is 32.2. The normalized spacial score (nSPS) is 11.8. The maximum absolute atomic E-state index is 12.0. The van der Waals surface area contributed by atoms with E-state index in [0.29, 0.717) is 29.0 Å². The molecule has 8 nitrogen and oxygen atoms in total. The monoisotopic (exact) mass is 402 g/mol. The van der Waals surface area contributed by atoms with Crippen LogP contribution in [-0.2, 0) is 18.4 Å². The Bertz CT molecular complexity index is 893. The Hall–Kier alpha value is -2.94. The Labute approximate surface area is 167 Å². The minimum absolute atomic E-state index is 0.103. The van der Waals surface area contributed by atoms with Crippen molar-refractivity contribution in [3.05, 3.63) is 54.2 Å². The van der Waals surface area contributed by atoms with Gasteiger partial charge in [-0.1, -0.05) is 11.8 Å². The number of benzene rings is 1. The smallest absolute Gasteiger partial charge is 0.230 e. The molecule has 0 aliphatic heterocycles. The number of aromatic nitrogens is 3. The molecule has 0 aliphatic carbocycles. The summed E-state index contributed by atoms with van der Waals surface area (Å²) >= 11 is 1.32. The molecule has 3 rings (SSSR count). The molecule has 0 aliphatic rings. The molecule has 1 aromatic carbocycles. The molecule has 148 valence electrons. The summed E-state index contributed by atoms with van der Waals surface area (Å²) in [6.45, 7) is 2.27. The van der Waals surface area contributed by atoms with Crippen LogP contribution in [0.2, 0.25) is 0 Å². The van der Waals surface area contributed by atoms with Crippen molar-refractivity contribution in [2.24, 2.45) is 7.05 Å². The fourth-order valence-electron chi connectivity index (χ4n) is 2.50. The van der Waals surface area contributed by atoms with E-state index < -0.39 is 0 Å². The standard InChI is InChI=1S/C19H22N4O4S/c1-13(27-15-8-6-14(25-3)7-9-15)18-21-22-19(23(18)2)28-12-17(24)20-11-16-5-4-10-26-16/h4-10,13H,11-12H2,1-3H3,(H,20,24). The van der Waals surface area contributed by atoms with Gasteiger partial charge in [-0.15, -0.1) is 10.2 Å². The minimum atomic E-state index is -0.298. The van der Waals surface area contributed by atoms with Gasteiger partial charge in [0, 0.05) is 7.05 Å². The van der Waals surface area contributed by atoms with Crippen LogP contribution >= 0.6 is 11.8 Å². The molecular weight excluding hydrogens is 380 g/mol. The largest absolute Gasteiger partial charge is 0.497 e. The zero-order chi connectivity index (χ0) is 19.9. The number of nitrogens with zero attached hydrogens (tertiary/aromatic N) is 3. The van der Waals surface area contributed by atoms with Gasteiger partial charge < -0.3 is 23.8 Å². The predicted octanol–water partition coefficient (Wildman–Crippen LogP) is 2.97. The van der Waals surface area contributed by atoms with E-state index in [-0.39, 0.29) is 17.8 Å². The third-order valence-electron chi connectivity index (χ3n) is 3.98. The summed E-state index contributed by atoms with van der Waals surface area (Å²) in [6.07, 6.45) is 1.28. The molecule has 0 radical (unpaired) electrons. The zero-order valence-electron chi connectivity index (χ0n) is 15.9. The van der Waals surface area contributed by atoms with E-state index in [1.807, 2.05) is 48.9 Å². The second kappa shape index (κ2) is 9.32. The molecule has 0 bridgehead atoms. The third kappa shape index (κ3) is 5.07. The lowest BCUT2D eigenvalue weighted by molar-refractivity contribution is -0.118. The summed E-state index contributed by atoms with van der Waals surface area (Å²) < 4.78 is 18.1. The van der Waals surface area contributed by atoms with E-state index in [1.165, 1.54) is 11.8 Å². The topological polar surface area (TPSA) is 91.4 Å². The summed E-state index contributed by atoms with van der Waals surface area (Å²) in [6, 6.07) is 10.9. The quantitative estimate of drug-likeness (QED) is 0.550. The number of carbonyl (C=O) groups excluding carboxylic acids is 1. The van der Waals surface area contributed by atoms with Gasteiger partial charge in [0.25, 0.3) is 0 Å². The second-order valence-corrected chi connectivity index (χ2v) is 6.92. The Morgan fingerprint density at radius 2 is 2.00 bits per heavy atom. The number of hydrogen-bond acceptors (Lipinski definition) is 7. The first-order valence-corrected chi connectivity index (χ1v) is 9.67. The number of ether oxygens (including phenoxy) is 2. The van der Waals surface area contributed by atoms with Crippen molar-refractivity contribution in [1.29, 1.82) is 0 Å². The fraction of sp³-hybridized carbons (Fsp3) is 0.316. The van der Waals surface area contributed by atoms with E-state index in [2.05, 4.69) is 15.5 Å². The van der Waals surface area contributed by atoms with Gasteiger partial charge in [0.1, 0.15) is 17.3 Å². The summed E-state index contributed by atoms with van der Waals surface area (Å²) in [7, 11) is 3.47. The van der Waals surface area contributed by atoms with Crippen molar-refractivity contribution < 1.29 is 18.7 Å². The summed E-state index contributed by atoms with van der Waals surface area (Å²) in [4.78, 5) is 12.0. The van der Waals surface area contributed by atoms with Crippen LogP contribution < -0.4 is 14.8 Å². The first-order chi connectivity index (χ1) is 13.6. The Morgan fingerprint density at radius 1 is 1.25 bits per heavy atom. The summed E-state index contributed by atoms with van der Waals surface area (Å²) in [5.41, 5.74) is 0. The number of furan rings is 1. The van der Waals surface area contributed by atoms with Crippen molar-refractivity contribution in [3.8, 4) is 11.5 Å². The lowest BCUT2D eigenvalue weighted by Gasteiger charge is -2.14. The molecule has 0 fully saturated rings. The number of rotatable bonds is 9. The minimum Gasteiger partial charge on any atom is -0.497 e. The predicted molar refractivity (Wildman–Crippen MR) is 104 cm³/mol. The van der Waals surface area contributed by atoms with Crippen molar-refractivity contribution >= 4 is 17.7 Å². The Balaban J connectivity index is 1.52. The fourth-order valence-corrected chi connectivity index (χ4v) is 3.24. The molecule has 9 heteroatoms. The number of thioether (sulfide) groups is 1. The van der Waals surface area contributed by atoms with Crippen LogP contribution in [0.15, 0.2) is 52.2 Å². The van der Waals surface area contributed by atoms with Crippen LogP contribution in [0, 0.1) is 0 Å². The average Bonchev–Trinajstić information content (AvgIpc) is 3.35. The van der Waals surface area contributed by atoms with E-state index in [4.69, 9.17) is 13.9 Å². The number of carbonyl (C=O) groups is 1. The molecule has 2 aromatic heterocycles. The van der Waals surface area contributed by atoms with E-state index >= 15 is 0 Å². The van der Waals surface area contributed by atoms with Gasteiger partial charge in [0.05, 0.1) is 25.7 Å². The molecule has 1 N–H and O–H groups in total. The van der Waals surface area contributed by atoms with E-state index in [9.17, 15) is 4.79 Å². The molecule has 3 aromatic rings. The molecular formula is C19H22N4O4S.